The Morgan fingerprint density at radius 2 is 1.88 bits per heavy atom. The fourth-order valence-corrected chi connectivity index (χ4v) is 4.14. The first kappa shape index (κ1) is 18.2. The van der Waals surface area contributed by atoms with E-state index in [9.17, 15) is 0 Å². The van der Waals surface area contributed by atoms with Gasteiger partial charge in [-0.1, -0.05) is 26.0 Å². The zero-order valence-corrected chi connectivity index (χ0v) is 16.6. The molecule has 0 atom stereocenters. The number of aryl methyl sites for hydroxylation is 2. The summed E-state index contributed by atoms with van der Waals surface area (Å²) in [6.45, 7) is 8.86. The van der Waals surface area contributed by atoms with E-state index in [0.717, 1.165) is 32.3 Å². The summed E-state index contributed by atoms with van der Waals surface area (Å²) in [4.78, 5) is 5.71. The van der Waals surface area contributed by atoms with Gasteiger partial charge in [-0.2, -0.15) is 5.10 Å². The third kappa shape index (κ3) is 3.37. The number of methoxy groups -OCH3 is 1. The summed E-state index contributed by atoms with van der Waals surface area (Å²) in [7, 11) is 1.67. The number of fused-ring (bicyclic) bond motifs is 3. The van der Waals surface area contributed by atoms with Gasteiger partial charge in [0.2, 0.25) is 0 Å². The van der Waals surface area contributed by atoms with Gasteiger partial charge in [0, 0.05) is 17.6 Å². The number of anilines is 1. The van der Waals surface area contributed by atoms with Gasteiger partial charge in [-0.05, 0) is 43.2 Å². The molecule has 0 amide bonds. The molecule has 136 valence electrons. The van der Waals surface area contributed by atoms with E-state index in [-0.39, 0.29) is 0 Å². The summed E-state index contributed by atoms with van der Waals surface area (Å²) in [5.74, 6) is 1.74. The van der Waals surface area contributed by atoms with Gasteiger partial charge in [0.05, 0.1) is 17.3 Å². The van der Waals surface area contributed by atoms with Crippen molar-refractivity contribution in [2.75, 3.05) is 12.4 Å². The van der Waals surface area contributed by atoms with Crippen LogP contribution >= 0.6 is 11.3 Å². The number of pyridine rings is 1. The van der Waals surface area contributed by atoms with Crippen LogP contribution in [-0.4, -0.2) is 22.3 Å². The predicted molar refractivity (Wildman–Crippen MR) is 110 cm³/mol. The van der Waals surface area contributed by atoms with Crippen LogP contribution in [0.2, 0.25) is 0 Å². The van der Waals surface area contributed by atoms with Gasteiger partial charge in [0.1, 0.15) is 10.6 Å². The lowest BCUT2D eigenvalue weighted by molar-refractivity contribution is 0.414. The van der Waals surface area contributed by atoms with Crippen LogP contribution in [0.15, 0.2) is 30.3 Å². The lowest BCUT2D eigenvalue weighted by Gasteiger charge is -2.04. The van der Waals surface area contributed by atoms with Crippen molar-refractivity contribution in [3.05, 3.63) is 47.2 Å². The molecule has 0 aliphatic heterocycles. The molecule has 0 aliphatic carbocycles. The van der Waals surface area contributed by atoms with E-state index >= 15 is 0 Å². The largest absolute Gasteiger partial charge is 0.497 e. The number of nitrogens with zero attached hydrogens (tertiary/aromatic N) is 2. The van der Waals surface area contributed by atoms with Crippen LogP contribution in [0, 0.1) is 13.8 Å². The van der Waals surface area contributed by atoms with Crippen LogP contribution in [0.3, 0.4) is 0 Å². The molecule has 0 spiro atoms. The molecule has 0 radical (unpaired) electrons. The Kier molecular flexibility index (Phi) is 5.42. The average molecular weight is 369 g/mol. The van der Waals surface area contributed by atoms with Crippen LogP contribution in [0.5, 0.6) is 5.75 Å². The Morgan fingerprint density at radius 3 is 2.58 bits per heavy atom. The van der Waals surface area contributed by atoms with E-state index in [1.165, 1.54) is 16.5 Å². The molecular weight excluding hydrogens is 344 g/mol. The Hall–Kier alpha value is -2.60. The van der Waals surface area contributed by atoms with Crippen molar-refractivity contribution in [3.63, 3.8) is 0 Å². The van der Waals surface area contributed by atoms with Gasteiger partial charge < -0.3 is 10.1 Å². The first-order chi connectivity index (χ1) is 12.7. The monoisotopic (exact) mass is 368 g/mol. The molecule has 0 bridgehead atoms. The molecule has 6 heteroatoms. The van der Waals surface area contributed by atoms with E-state index in [2.05, 4.69) is 45.6 Å². The highest BCUT2D eigenvalue weighted by Gasteiger charge is 2.15. The molecule has 0 saturated heterocycles. The lowest BCUT2D eigenvalue weighted by Crippen LogP contribution is -1.99. The van der Waals surface area contributed by atoms with Gasteiger partial charge in [-0.15, -0.1) is 11.3 Å². The molecule has 4 rings (SSSR count). The highest BCUT2D eigenvalue weighted by atomic mass is 32.1. The van der Waals surface area contributed by atoms with Crippen molar-refractivity contribution in [1.29, 1.82) is 0 Å². The van der Waals surface area contributed by atoms with Crippen LogP contribution in [0.1, 0.15) is 30.7 Å². The van der Waals surface area contributed by atoms with Gasteiger partial charge in [-0.25, -0.2) is 4.98 Å². The second kappa shape index (κ2) is 7.74. The molecule has 3 heterocycles. The summed E-state index contributed by atoms with van der Waals surface area (Å²) >= 11 is 1.68. The Labute approximate surface area is 157 Å². The molecule has 1 aromatic carbocycles. The molecule has 3 aromatic heterocycles. The van der Waals surface area contributed by atoms with Gasteiger partial charge in [0.15, 0.2) is 5.82 Å². The third-order valence-electron chi connectivity index (χ3n) is 4.10. The fraction of sp³-hybridized carbons (Fsp3) is 0.300. The maximum Gasteiger partial charge on any atom is 0.166 e. The molecule has 0 unspecified atom stereocenters. The van der Waals surface area contributed by atoms with Gasteiger partial charge in [-0.3, -0.25) is 5.10 Å². The van der Waals surface area contributed by atoms with E-state index < -0.39 is 0 Å². The van der Waals surface area contributed by atoms with Crippen LogP contribution in [0.25, 0.3) is 20.4 Å². The van der Waals surface area contributed by atoms with Crippen LogP contribution in [0.4, 0.5) is 5.82 Å². The number of H-pyrrole nitrogens is 1. The third-order valence-corrected chi connectivity index (χ3v) is 5.19. The summed E-state index contributed by atoms with van der Waals surface area (Å²) < 4.78 is 6.31. The normalized spacial score (nSPS) is 10.7. The number of hydrogen-bond acceptors (Lipinski definition) is 5. The van der Waals surface area contributed by atoms with Gasteiger partial charge >= 0.3 is 0 Å². The zero-order chi connectivity index (χ0) is 18.7. The Bertz CT molecular complexity index is 1020. The second-order valence-corrected chi connectivity index (χ2v) is 6.84. The number of thiophene rings is 1. The zero-order valence-electron chi connectivity index (χ0n) is 15.8. The second-order valence-electron chi connectivity index (χ2n) is 5.84. The number of nitrogens with one attached hydrogen (secondary N) is 2. The van der Waals surface area contributed by atoms with E-state index in [1.807, 2.05) is 32.9 Å². The molecule has 0 aliphatic rings. The Morgan fingerprint density at radius 1 is 1.15 bits per heavy atom. The molecule has 4 aromatic rings. The molecule has 26 heavy (non-hydrogen) atoms. The minimum atomic E-state index is 0.712. The number of aromatic nitrogens is 3. The van der Waals surface area contributed by atoms with Crippen molar-refractivity contribution >= 4 is 37.6 Å². The van der Waals surface area contributed by atoms with Gasteiger partial charge in [0.25, 0.3) is 0 Å². The number of rotatable bonds is 4. The standard InChI is InChI=1S/C18H18N4OS.C2H6/c1-10-8-11(2)20-18-14(10)15-16(24-18)17(22-21-15)19-9-12-4-6-13(23-3)7-5-12;1-2/h4-8H,9H2,1-3H3,(H2,19,21,22);1-2H3. The highest BCUT2D eigenvalue weighted by Crippen LogP contribution is 2.37. The fourth-order valence-electron chi connectivity index (χ4n) is 2.93. The minimum absolute atomic E-state index is 0.712. The lowest BCUT2D eigenvalue weighted by atomic mass is 10.1. The number of benzene rings is 1. The molecule has 0 fully saturated rings. The maximum atomic E-state index is 5.19. The van der Waals surface area contributed by atoms with Crippen LogP contribution < -0.4 is 10.1 Å². The predicted octanol–water partition coefficient (Wildman–Crippen LogP) is 5.44. The quantitative estimate of drug-likeness (QED) is 0.504. The van der Waals surface area contributed by atoms with Crippen molar-refractivity contribution in [2.45, 2.75) is 34.2 Å². The van der Waals surface area contributed by atoms with Crippen molar-refractivity contribution in [3.8, 4) is 5.75 Å². The first-order valence-electron chi connectivity index (χ1n) is 8.77. The minimum Gasteiger partial charge on any atom is -0.497 e. The topological polar surface area (TPSA) is 62.8 Å². The molecule has 5 nitrogen and oxygen atoms in total. The van der Waals surface area contributed by atoms with E-state index in [4.69, 9.17) is 4.74 Å². The van der Waals surface area contributed by atoms with E-state index in [1.54, 1.807) is 18.4 Å². The molecule has 2 N–H and O–H groups in total. The number of hydrogen-bond donors (Lipinski definition) is 2. The average Bonchev–Trinajstić information content (AvgIpc) is 3.20. The summed E-state index contributed by atoms with van der Waals surface area (Å²) in [6, 6.07) is 10.1. The maximum absolute atomic E-state index is 5.19. The number of aromatic amines is 1. The Balaban J connectivity index is 0.000000948. The molecule has 0 saturated carbocycles. The summed E-state index contributed by atoms with van der Waals surface area (Å²) in [5.41, 5.74) is 4.52. The first-order valence-corrected chi connectivity index (χ1v) is 9.59. The van der Waals surface area contributed by atoms with Crippen molar-refractivity contribution in [2.24, 2.45) is 0 Å². The van der Waals surface area contributed by atoms with Crippen molar-refractivity contribution < 1.29 is 4.74 Å². The SMILES string of the molecule is CC.COc1ccc(CNc2n[nH]c3c2sc2nc(C)cc(C)c23)cc1. The summed E-state index contributed by atoms with van der Waals surface area (Å²) in [6.07, 6.45) is 0. The van der Waals surface area contributed by atoms with Crippen LogP contribution in [-0.2, 0) is 6.54 Å². The summed E-state index contributed by atoms with van der Waals surface area (Å²) in [5, 5.41) is 12.2. The molecular formula is C20H24N4OS. The highest BCUT2D eigenvalue weighted by molar-refractivity contribution is 7.26. The number of ether oxygens (including phenoxy) is 1. The van der Waals surface area contributed by atoms with E-state index in [0.29, 0.717) is 6.54 Å². The van der Waals surface area contributed by atoms with Crippen molar-refractivity contribution in [1.82, 2.24) is 15.2 Å². The smallest absolute Gasteiger partial charge is 0.166 e.